The van der Waals surface area contributed by atoms with Crippen LogP contribution in [0.3, 0.4) is 0 Å². The van der Waals surface area contributed by atoms with Gasteiger partial charge in [0, 0.05) is 27.9 Å². The zero-order valence-corrected chi connectivity index (χ0v) is 28.3. The molecule has 0 unspecified atom stereocenters. The van der Waals surface area contributed by atoms with E-state index in [1.807, 2.05) is 54.6 Å². The van der Waals surface area contributed by atoms with E-state index in [-0.39, 0.29) is 17.4 Å². The minimum Gasteiger partial charge on any atom is -0.496 e. The van der Waals surface area contributed by atoms with Gasteiger partial charge in [-0.3, -0.25) is 14.4 Å². The van der Waals surface area contributed by atoms with Gasteiger partial charge in [0.1, 0.15) is 34.5 Å². The van der Waals surface area contributed by atoms with E-state index in [1.165, 1.54) is 17.8 Å². The maximum atomic E-state index is 13.5. The summed E-state index contributed by atoms with van der Waals surface area (Å²) in [4.78, 5) is 40.1. The predicted molar refractivity (Wildman–Crippen MR) is 200 cm³/mol. The minimum atomic E-state index is -0.547. The number of furan rings is 1. The number of thioether (sulfide) groups is 1. The van der Waals surface area contributed by atoms with Crippen LogP contribution in [0.1, 0.15) is 16.1 Å². The molecule has 1 aromatic heterocycles. The van der Waals surface area contributed by atoms with E-state index in [4.69, 9.17) is 13.9 Å². The molecule has 0 spiro atoms. The van der Waals surface area contributed by atoms with Gasteiger partial charge in [-0.2, -0.15) is 0 Å². The highest BCUT2D eigenvalue weighted by atomic mass is 32.2. The number of hydrogen-bond acceptors (Lipinski definition) is 7. The molecule has 0 atom stereocenters. The number of rotatable bonds is 13. The molecular weight excluding hydrogens is 663 g/mol. The van der Waals surface area contributed by atoms with Gasteiger partial charge in [0.05, 0.1) is 18.4 Å². The summed E-state index contributed by atoms with van der Waals surface area (Å²) in [6, 6.07) is 43.2. The third-order valence-electron chi connectivity index (χ3n) is 7.41. The van der Waals surface area contributed by atoms with E-state index < -0.39 is 11.8 Å². The Kier molecular flexibility index (Phi) is 11.3. The van der Waals surface area contributed by atoms with Crippen LogP contribution in [0.25, 0.3) is 17.4 Å². The zero-order valence-electron chi connectivity index (χ0n) is 27.5. The minimum absolute atomic E-state index is 0.0143. The molecule has 0 bridgehead atoms. The molecular formula is C41H33N3O6S. The summed E-state index contributed by atoms with van der Waals surface area (Å²) in [5.74, 6) is 1.97. The van der Waals surface area contributed by atoms with E-state index in [1.54, 1.807) is 98.1 Å². The van der Waals surface area contributed by atoms with E-state index >= 15 is 0 Å². The van der Waals surface area contributed by atoms with Crippen LogP contribution in [-0.2, 0) is 9.59 Å². The summed E-state index contributed by atoms with van der Waals surface area (Å²) in [5, 5.41) is 8.45. The van der Waals surface area contributed by atoms with Crippen molar-refractivity contribution < 1.29 is 28.3 Å². The van der Waals surface area contributed by atoms with Gasteiger partial charge in [-0.05, 0) is 97.1 Å². The van der Waals surface area contributed by atoms with Crippen molar-refractivity contribution >= 4 is 46.9 Å². The summed E-state index contributed by atoms with van der Waals surface area (Å²) in [6.45, 7) is 0. The van der Waals surface area contributed by atoms with Crippen LogP contribution in [0, 0.1) is 0 Å². The Morgan fingerprint density at radius 1 is 0.686 bits per heavy atom. The molecule has 0 saturated heterocycles. The van der Waals surface area contributed by atoms with Gasteiger partial charge in [-0.15, -0.1) is 11.8 Å². The number of amides is 3. The molecule has 254 valence electrons. The first-order valence-electron chi connectivity index (χ1n) is 15.9. The summed E-state index contributed by atoms with van der Waals surface area (Å²) < 4.78 is 17.3. The van der Waals surface area contributed by atoms with E-state index in [0.717, 1.165) is 16.2 Å². The van der Waals surface area contributed by atoms with E-state index in [2.05, 4.69) is 16.0 Å². The third-order valence-corrected chi connectivity index (χ3v) is 8.43. The first kappa shape index (κ1) is 34.3. The number of hydrogen-bond donors (Lipinski definition) is 3. The Bertz CT molecular complexity index is 2130. The molecule has 0 aliphatic heterocycles. The van der Waals surface area contributed by atoms with Gasteiger partial charge in [0.25, 0.3) is 11.8 Å². The number of benzene rings is 5. The largest absolute Gasteiger partial charge is 0.496 e. The maximum Gasteiger partial charge on any atom is 0.272 e. The number of carbonyl (C=O) groups excluding carboxylic acids is 3. The SMILES string of the molecule is COc1ccccc1-c1ccc(/C=C(/NC(=O)c2ccccc2)C(=O)Nc2ccc(SCC(=O)Nc3ccc(Oc4ccccc4)cc3)cc2)o1. The summed E-state index contributed by atoms with van der Waals surface area (Å²) in [7, 11) is 1.58. The second kappa shape index (κ2) is 16.7. The summed E-state index contributed by atoms with van der Waals surface area (Å²) >= 11 is 1.36. The molecule has 0 aliphatic carbocycles. The monoisotopic (exact) mass is 695 g/mol. The molecule has 10 heteroatoms. The molecule has 0 aliphatic rings. The van der Waals surface area contributed by atoms with Crippen LogP contribution in [0.5, 0.6) is 17.2 Å². The molecule has 3 amide bonds. The maximum absolute atomic E-state index is 13.5. The fourth-order valence-corrected chi connectivity index (χ4v) is 5.62. The van der Waals surface area contributed by atoms with Crippen LogP contribution in [0.4, 0.5) is 11.4 Å². The number of methoxy groups -OCH3 is 1. The Hall–Kier alpha value is -6.52. The van der Waals surface area contributed by atoms with Crippen molar-refractivity contribution in [2.75, 3.05) is 23.5 Å². The lowest BCUT2D eigenvalue weighted by Crippen LogP contribution is -2.30. The quantitative estimate of drug-likeness (QED) is 0.0816. The average molecular weight is 696 g/mol. The Balaban J connectivity index is 1.08. The second-order valence-electron chi connectivity index (χ2n) is 11.0. The standard InChI is InChI=1S/C41H33N3O6S/c1-48-37-15-9-8-14-35(37)38-25-22-33(50-38)26-36(44-40(46)28-10-4-2-5-11-28)41(47)43-30-18-23-34(24-19-30)51-27-39(45)42-29-16-20-32(21-17-29)49-31-12-6-3-7-13-31/h2-26H,27H2,1H3,(H,42,45)(H,43,47)(H,44,46)/b36-26+. The average Bonchev–Trinajstić information content (AvgIpc) is 3.64. The molecule has 0 fully saturated rings. The highest BCUT2D eigenvalue weighted by molar-refractivity contribution is 8.00. The molecule has 9 nitrogen and oxygen atoms in total. The predicted octanol–water partition coefficient (Wildman–Crippen LogP) is 8.89. The molecule has 3 N–H and O–H groups in total. The Morgan fingerprint density at radius 2 is 1.31 bits per heavy atom. The Labute approximate surface area is 299 Å². The highest BCUT2D eigenvalue weighted by Gasteiger charge is 2.17. The summed E-state index contributed by atoms with van der Waals surface area (Å²) in [5.41, 5.74) is 2.29. The molecule has 0 saturated carbocycles. The number of anilines is 2. The van der Waals surface area contributed by atoms with Gasteiger partial charge in [-0.25, -0.2) is 0 Å². The lowest BCUT2D eigenvalue weighted by Gasteiger charge is -2.11. The number of nitrogens with one attached hydrogen (secondary N) is 3. The molecule has 51 heavy (non-hydrogen) atoms. The van der Waals surface area contributed by atoms with Crippen molar-refractivity contribution in [3.05, 3.63) is 163 Å². The van der Waals surface area contributed by atoms with E-state index in [0.29, 0.717) is 40.0 Å². The van der Waals surface area contributed by atoms with Crippen molar-refractivity contribution in [3.8, 4) is 28.6 Å². The molecule has 1 heterocycles. The summed E-state index contributed by atoms with van der Waals surface area (Å²) in [6.07, 6.45) is 1.47. The fourth-order valence-electron chi connectivity index (χ4n) is 4.92. The van der Waals surface area contributed by atoms with Gasteiger partial charge < -0.3 is 29.8 Å². The van der Waals surface area contributed by atoms with Crippen LogP contribution in [-0.4, -0.2) is 30.6 Å². The van der Waals surface area contributed by atoms with Crippen molar-refractivity contribution in [1.82, 2.24) is 5.32 Å². The topological polar surface area (TPSA) is 119 Å². The highest BCUT2D eigenvalue weighted by Crippen LogP contribution is 2.31. The van der Waals surface area contributed by atoms with Crippen molar-refractivity contribution in [2.24, 2.45) is 0 Å². The van der Waals surface area contributed by atoms with Crippen molar-refractivity contribution in [3.63, 3.8) is 0 Å². The van der Waals surface area contributed by atoms with Crippen LogP contribution in [0.15, 0.2) is 161 Å². The molecule has 0 radical (unpaired) electrons. The van der Waals surface area contributed by atoms with E-state index in [9.17, 15) is 14.4 Å². The molecule has 6 rings (SSSR count). The van der Waals surface area contributed by atoms with Crippen molar-refractivity contribution in [1.29, 1.82) is 0 Å². The van der Waals surface area contributed by atoms with Crippen LogP contribution < -0.4 is 25.4 Å². The lowest BCUT2D eigenvalue weighted by molar-refractivity contribution is -0.114. The molecule has 5 aromatic carbocycles. The number of carbonyl (C=O) groups is 3. The first-order chi connectivity index (χ1) is 24.9. The third kappa shape index (κ3) is 9.56. The Morgan fingerprint density at radius 3 is 2.04 bits per heavy atom. The fraction of sp³-hybridized carbons (Fsp3) is 0.0488. The molecule has 6 aromatic rings. The normalized spacial score (nSPS) is 11.0. The van der Waals surface area contributed by atoms with Crippen LogP contribution >= 0.6 is 11.8 Å². The number of ether oxygens (including phenoxy) is 2. The second-order valence-corrected chi connectivity index (χ2v) is 12.1. The first-order valence-corrected chi connectivity index (χ1v) is 16.9. The van der Waals surface area contributed by atoms with Gasteiger partial charge >= 0.3 is 0 Å². The van der Waals surface area contributed by atoms with Gasteiger partial charge in [0.15, 0.2) is 0 Å². The van der Waals surface area contributed by atoms with Gasteiger partial charge in [0.2, 0.25) is 5.91 Å². The lowest BCUT2D eigenvalue weighted by atomic mass is 10.1. The smallest absolute Gasteiger partial charge is 0.272 e. The zero-order chi connectivity index (χ0) is 35.4. The van der Waals surface area contributed by atoms with Crippen molar-refractivity contribution in [2.45, 2.75) is 4.90 Å². The van der Waals surface area contributed by atoms with Crippen LogP contribution in [0.2, 0.25) is 0 Å². The van der Waals surface area contributed by atoms with Gasteiger partial charge in [-0.1, -0.05) is 48.5 Å². The number of para-hydroxylation sites is 2.